The normalized spacial score (nSPS) is 10.9. The first-order chi connectivity index (χ1) is 12.5. The lowest BCUT2D eigenvalue weighted by atomic mass is 9.96. The highest BCUT2D eigenvalue weighted by atomic mass is 79.9. The van der Waals surface area contributed by atoms with Crippen molar-refractivity contribution in [1.82, 2.24) is 0 Å². The van der Waals surface area contributed by atoms with E-state index in [1.54, 1.807) is 35.5 Å². The maximum absolute atomic E-state index is 5.83. The summed E-state index contributed by atoms with van der Waals surface area (Å²) in [4.78, 5) is 0. The van der Waals surface area contributed by atoms with Gasteiger partial charge in [-0.1, -0.05) is 12.1 Å². The Kier molecular flexibility index (Phi) is 5.05. The second kappa shape index (κ2) is 7.11. The zero-order valence-corrected chi connectivity index (χ0v) is 17.2. The van der Waals surface area contributed by atoms with Gasteiger partial charge in [0.1, 0.15) is 28.7 Å². The van der Waals surface area contributed by atoms with E-state index in [4.69, 9.17) is 23.7 Å². The molecule has 0 aliphatic rings. The van der Waals surface area contributed by atoms with E-state index >= 15 is 0 Å². The topological polar surface area (TPSA) is 46.2 Å². The van der Waals surface area contributed by atoms with E-state index in [-0.39, 0.29) is 0 Å². The molecule has 0 saturated carbocycles. The van der Waals surface area contributed by atoms with Crippen molar-refractivity contribution in [3.05, 3.63) is 28.2 Å². The van der Waals surface area contributed by atoms with Crippen molar-refractivity contribution in [3.8, 4) is 28.7 Å². The van der Waals surface area contributed by atoms with Gasteiger partial charge in [-0.05, 0) is 28.9 Å². The molecule has 0 aliphatic heterocycles. The highest BCUT2D eigenvalue weighted by Gasteiger charge is 2.27. The second-order valence-electron chi connectivity index (χ2n) is 5.70. The van der Waals surface area contributed by atoms with E-state index in [1.807, 2.05) is 25.1 Å². The lowest BCUT2D eigenvalue weighted by molar-refractivity contribution is 0.390. The van der Waals surface area contributed by atoms with Gasteiger partial charge in [0.05, 0.1) is 56.2 Å². The molecule has 5 nitrogen and oxygen atoms in total. The maximum Gasteiger partial charge on any atom is 0.145 e. The molecule has 0 aliphatic carbocycles. The largest absolute Gasteiger partial charge is 0.496 e. The average Bonchev–Trinajstić information content (AvgIpc) is 2.67. The van der Waals surface area contributed by atoms with Crippen LogP contribution >= 0.6 is 15.9 Å². The molecule has 0 bridgehead atoms. The quantitative estimate of drug-likeness (QED) is 0.536. The van der Waals surface area contributed by atoms with Crippen molar-refractivity contribution in [2.45, 2.75) is 6.92 Å². The number of methoxy groups -OCH3 is 5. The lowest BCUT2D eigenvalue weighted by Crippen LogP contribution is -2.01. The highest BCUT2D eigenvalue weighted by Crippen LogP contribution is 2.55. The van der Waals surface area contributed by atoms with E-state index < -0.39 is 0 Å². The summed E-state index contributed by atoms with van der Waals surface area (Å²) in [6, 6.07) is 5.79. The van der Waals surface area contributed by atoms with Crippen molar-refractivity contribution in [2.24, 2.45) is 0 Å². The van der Waals surface area contributed by atoms with Crippen LogP contribution in [-0.4, -0.2) is 35.5 Å². The van der Waals surface area contributed by atoms with Gasteiger partial charge in [-0.2, -0.15) is 0 Å². The van der Waals surface area contributed by atoms with Gasteiger partial charge in [-0.3, -0.25) is 0 Å². The fourth-order valence-electron chi connectivity index (χ4n) is 3.47. The Hall–Kier alpha value is -2.34. The third-order valence-electron chi connectivity index (χ3n) is 4.56. The van der Waals surface area contributed by atoms with Crippen LogP contribution in [-0.2, 0) is 0 Å². The Morgan fingerprint density at radius 2 is 1.23 bits per heavy atom. The van der Waals surface area contributed by atoms with Crippen LogP contribution < -0.4 is 23.7 Å². The Morgan fingerprint density at radius 3 is 1.77 bits per heavy atom. The summed E-state index contributed by atoms with van der Waals surface area (Å²) in [6.07, 6.45) is 0. The van der Waals surface area contributed by atoms with Crippen LogP contribution in [0.25, 0.3) is 21.5 Å². The molecule has 0 unspecified atom stereocenters. The molecule has 0 saturated heterocycles. The number of hydrogen-bond donors (Lipinski definition) is 0. The molecule has 0 amide bonds. The first-order valence-corrected chi connectivity index (χ1v) is 8.79. The summed E-state index contributed by atoms with van der Waals surface area (Å²) in [5, 5.41) is 3.25. The molecule has 3 aromatic carbocycles. The number of fused-ring (bicyclic) bond motifs is 2. The second-order valence-corrected chi connectivity index (χ2v) is 6.50. The van der Waals surface area contributed by atoms with Gasteiger partial charge in [0.25, 0.3) is 0 Å². The van der Waals surface area contributed by atoms with Crippen LogP contribution in [0.2, 0.25) is 0 Å². The van der Waals surface area contributed by atoms with Gasteiger partial charge in [-0.25, -0.2) is 0 Å². The van der Waals surface area contributed by atoms with Gasteiger partial charge < -0.3 is 23.7 Å². The van der Waals surface area contributed by atoms with E-state index in [9.17, 15) is 0 Å². The first-order valence-electron chi connectivity index (χ1n) is 7.99. The van der Waals surface area contributed by atoms with Gasteiger partial charge in [0.15, 0.2) is 0 Å². The van der Waals surface area contributed by atoms with Crippen molar-refractivity contribution in [1.29, 1.82) is 0 Å². The van der Waals surface area contributed by atoms with Crippen LogP contribution in [0.4, 0.5) is 0 Å². The predicted octanol–water partition coefficient (Wildman–Crippen LogP) is 5.11. The minimum atomic E-state index is 0.643. The minimum absolute atomic E-state index is 0.643. The van der Waals surface area contributed by atoms with E-state index in [0.717, 1.165) is 31.6 Å². The molecule has 0 fully saturated rings. The monoisotopic (exact) mass is 420 g/mol. The van der Waals surface area contributed by atoms with Crippen molar-refractivity contribution >= 4 is 37.5 Å². The summed E-state index contributed by atoms with van der Waals surface area (Å²) >= 11 is 3.63. The number of rotatable bonds is 5. The molecular formula is C20H21BrO5. The number of halogens is 1. The van der Waals surface area contributed by atoms with Gasteiger partial charge in [-0.15, -0.1) is 0 Å². The van der Waals surface area contributed by atoms with Crippen LogP contribution in [0.5, 0.6) is 28.7 Å². The maximum atomic E-state index is 5.83. The van der Waals surface area contributed by atoms with Gasteiger partial charge in [0.2, 0.25) is 0 Å². The van der Waals surface area contributed by atoms with Crippen LogP contribution in [0.15, 0.2) is 22.7 Å². The Bertz CT molecular complexity index is 997. The smallest absolute Gasteiger partial charge is 0.145 e. The Labute approximate surface area is 160 Å². The number of benzene rings is 3. The molecule has 0 aromatic heterocycles. The SMILES string of the molecule is COc1cccc2c(OC)c3c(OC)c(C)c(Br)c(OC)c3c(OC)c12. The molecule has 138 valence electrons. The molecular weight excluding hydrogens is 400 g/mol. The van der Waals surface area contributed by atoms with Crippen molar-refractivity contribution in [2.75, 3.05) is 35.5 Å². The zero-order chi connectivity index (χ0) is 19.0. The molecule has 0 atom stereocenters. The molecule has 3 aromatic rings. The lowest BCUT2D eigenvalue weighted by Gasteiger charge is -2.22. The van der Waals surface area contributed by atoms with E-state index in [0.29, 0.717) is 28.7 Å². The van der Waals surface area contributed by atoms with Crippen LogP contribution in [0, 0.1) is 6.92 Å². The average molecular weight is 421 g/mol. The molecule has 3 rings (SSSR count). The number of hydrogen-bond acceptors (Lipinski definition) is 5. The highest BCUT2D eigenvalue weighted by molar-refractivity contribution is 9.10. The molecule has 0 heterocycles. The van der Waals surface area contributed by atoms with Gasteiger partial charge >= 0.3 is 0 Å². The fraction of sp³-hybridized carbons (Fsp3) is 0.300. The third kappa shape index (κ3) is 2.43. The molecule has 0 radical (unpaired) electrons. The summed E-state index contributed by atoms with van der Waals surface area (Å²) in [5.74, 6) is 3.37. The van der Waals surface area contributed by atoms with Crippen LogP contribution in [0.3, 0.4) is 0 Å². The molecule has 0 N–H and O–H groups in total. The van der Waals surface area contributed by atoms with Crippen LogP contribution in [0.1, 0.15) is 5.56 Å². The summed E-state index contributed by atoms with van der Waals surface area (Å²) < 4.78 is 29.5. The first kappa shape index (κ1) is 18.5. The Balaban J connectivity index is 2.77. The summed E-state index contributed by atoms with van der Waals surface area (Å²) in [5.41, 5.74) is 0.916. The predicted molar refractivity (Wildman–Crippen MR) is 107 cm³/mol. The number of ether oxygens (including phenoxy) is 5. The van der Waals surface area contributed by atoms with Crippen molar-refractivity contribution in [3.63, 3.8) is 0 Å². The molecule has 0 spiro atoms. The molecule has 26 heavy (non-hydrogen) atoms. The fourth-order valence-corrected chi connectivity index (χ4v) is 4.02. The van der Waals surface area contributed by atoms with E-state index in [2.05, 4.69) is 15.9 Å². The minimum Gasteiger partial charge on any atom is -0.496 e. The summed E-state index contributed by atoms with van der Waals surface area (Å²) in [7, 11) is 8.18. The van der Waals surface area contributed by atoms with Gasteiger partial charge in [0, 0.05) is 10.9 Å². The zero-order valence-electron chi connectivity index (χ0n) is 15.7. The van der Waals surface area contributed by atoms with Crippen molar-refractivity contribution < 1.29 is 23.7 Å². The van der Waals surface area contributed by atoms with E-state index in [1.165, 1.54) is 0 Å². The third-order valence-corrected chi connectivity index (χ3v) is 5.52. The molecule has 6 heteroatoms. The summed E-state index contributed by atoms with van der Waals surface area (Å²) in [6.45, 7) is 1.96. The standard InChI is InChI=1S/C20H21BrO5/c1-10-16(21)20(26-6)15-14(17(10)23-3)18(24-4)11-8-7-9-12(22-2)13(11)19(15)25-5/h7-9H,1-6H3. The Morgan fingerprint density at radius 1 is 0.654 bits per heavy atom.